The zero-order valence-corrected chi connectivity index (χ0v) is 16.9. The molecule has 1 aromatic carbocycles. The van der Waals surface area contributed by atoms with E-state index in [1.165, 1.54) is 0 Å². The number of aromatic nitrogens is 5. The largest absolute Gasteiger partial charge is 0.345 e. The lowest BCUT2D eigenvalue weighted by atomic mass is 10.0. The van der Waals surface area contributed by atoms with Gasteiger partial charge in [0.15, 0.2) is 5.82 Å². The average molecular weight is 378 g/mol. The van der Waals surface area contributed by atoms with Gasteiger partial charge in [-0.05, 0) is 44.4 Å². The lowest BCUT2D eigenvalue weighted by Crippen LogP contribution is -2.24. The fourth-order valence-corrected chi connectivity index (χ4v) is 3.31. The highest BCUT2D eigenvalue weighted by atomic mass is 16.1. The molecule has 3 aromatic rings. The van der Waals surface area contributed by atoms with E-state index < -0.39 is 0 Å². The summed E-state index contributed by atoms with van der Waals surface area (Å²) >= 11 is 0. The van der Waals surface area contributed by atoms with Crippen LogP contribution in [-0.4, -0.2) is 30.6 Å². The van der Waals surface area contributed by atoms with Crippen molar-refractivity contribution in [3.63, 3.8) is 0 Å². The second-order valence-corrected chi connectivity index (χ2v) is 6.74. The molecule has 2 aromatic heterocycles. The number of hydrogen-bond acceptors (Lipinski definition) is 5. The lowest BCUT2D eigenvalue weighted by molar-refractivity contribution is 0.0949. The van der Waals surface area contributed by atoms with E-state index in [0.29, 0.717) is 12.1 Å². The maximum absolute atomic E-state index is 12.7. The molecule has 0 aliphatic rings. The topological polar surface area (TPSA) is 85.6 Å². The van der Waals surface area contributed by atoms with E-state index in [4.69, 9.17) is 0 Å². The predicted molar refractivity (Wildman–Crippen MR) is 108 cm³/mol. The highest BCUT2D eigenvalue weighted by Crippen LogP contribution is 2.25. The second kappa shape index (κ2) is 8.73. The molecule has 0 saturated carbocycles. The van der Waals surface area contributed by atoms with Gasteiger partial charge in [-0.25, -0.2) is 9.97 Å². The first-order valence-corrected chi connectivity index (χ1v) is 9.62. The molecule has 146 valence electrons. The Kier molecular flexibility index (Phi) is 6.13. The van der Waals surface area contributed by atoms with Crippen LogP contribution in [-0.2, 0) is 19.5 Å². The number of nitrogens with one attached hydrogen (secondary N) is 1. The summed E-state index contributed by atoms with van der Waals surface area (Å²) in [7, 11) is 0. The van der Waals surface area contributed by atoms with Crippen LogP contribution in [0.3, 0.4) is 0 Å². The van der Waals surface area contributed by atoms with Crippen LogP contribution in [0.2, 0.25) is 0 Å². The minimum absolute atomic E-state index is 0.145. The van der Waals surface area contributed by atoms with Gasteiger partial charge in [0, 0.05) is 23.4 Å². The highest BCUT2D eigenvalue weighted by molar-refractivity contribution is 5.95. The molecule has 0 fully saturated rings. The summed E-state index contributed by atoms with van der Waals surface area (Å²) in [4.78, 5) is 21.8. The van der Waals surface area contributed by atoms with Crippen molar-refractivity contribution >= 4 is 5.91 Å². The molecule has 3 rings (SSSR count). The monoisotopic (exact) mass is 378 g/mol. The molecule has 2 heterocycles. The van der Waals surface area contributed by atoms with E-state index in [0.717, 1.165) is 53.5 Å². The van der Waals surface area contributed by atoms with Crippen molar-refractivity contribution in [3.8, 4) is 11.3 Å². The maximum Gasteiger partial charge on any atom is 0.251 e. The van der Waals surface area contributed by atoms with Crippen molar-refractivity contribution in [2.75, 3.05) is 0 Å². The molecular weight excluding hydrogens is 352 g/mol. The Balaban J connectivity index is 1.82. The van der Waals surface area contributed by atoms with E-state index in [1.807, 2.05) is 42.7 Å². The number of benzene rings is 1. The first kappa shape index (κ1) is 19.7. The van der Waals surface area contributed by atoms with Crippen LogP contribution in [0, 0.1) is 13.8 Å². The minimum Gasteiger partial charge on any atom is -0.345 e. The molecule has 0 unspecified atom stereocenters. The maximum atomic E-state index is 12.7. The van der Waals surface area contributed by atoms with E-state index in [-0.39, 0.29) is 5.91 Å². The van der Waals surface area contributed by atoms with Gasteiger partial charge in [0.2, 0.25) is 0 Å². The predicted octanol–water partition coefficient (Wildman–Crippen LogP) is 3.25. The lowest BCUT2D eigenvalue weighted by Gasteiger charge is -2.12. The standard InChI is InChI=1S/C21H26N6O/c1-5-10-27-13-23-26-19(27)12-22-21(28)17-9-7-8-16(11-17)20-18(6-2)14(3)24-15(4)25-20/h7-9,11,13H,5-6,10,12H2,1-4H3,(H,22,28). The molecule has 0 aliphatic carbocycles. The number of rotatable bonds is 7. The van der Waals surface area contributed by atoms with Gasteiger partial charge >= 0.3 is 0 Å². The zero-order chi connectivity index (χ0) is 20.1. The van der Waals surface area contributed by atoms with Gasteiger partial charge in [0.1, 0.15) is 12.2 Å². The van der Waals surface area contributed by atoms with Crippen LogP contribution >= 0.6 is 0 Å². The molecule has 1 amide bonds. The van der Waals surface area contributed by atoms with E-state index in [1.54, 1.807) is 6.33 Å². The van der Waals surface area contributed by atoms with Gasteiger partial charge in [-0.1, -0.05) is 26.0 Å². The Morgan fingerprint density at radius 1 is 1.18 bits per heavy atom. The second-order valence-electron chi connectivity index (χ2n) is 6.74. The molecular formula is C21H26N6O. The van der Waals surface area contributed by atoms with Gasteiger partial charge < -0.3 is 9.88 Å². The number of aryl methyl sites for hydroxylation is 3. The number of nitrogens with zero attached hydrogens (tertiary/aromatic N) is 5. The molecule has 0 spiro atoms. The molecule has 7 nitrogen and oxygen atoms in total. The molecule has 28 heavy (non-hydrogen) atoms. The average Bonchev–Trinajstić information content (AvgIpc) is 3.13. The van der Waals surface area contributed by atoms with Crippen LogP contribution in [0.1, 0.15) is 53.5 Å². The van der Waals surface area contributed by atoms with Gasteiger partial charge in [-0.15, -0.1) is 10.2 Å². The van der Waals surface area contributed by atoms with Crippen molar-refractivity contribution in [1.29, 1.82) is 0 Å². The summed E-state index contributed by atoms with van der Waals surface area (Å²) in [6.07, 6.45) is 3.52. The Morgan fingerprint density at radius 2 is 2.00 bits per heavy atom. The number of hydrogen-bond donors (Lipinski definition) is 1. The summed E-state index contributed by atoms with van der Waals surface area (Å²) in [5.41, 5.74) is 4.50. The fraction of sp³-hybridized carbons (Fsp3) is 0.381. The van der Waals surface area contributed by atoms with Gasteiger partial charge in [0.05, 0.1) is 12.2 Å². The number of carbonyl (C=O) groups excluding carboxylic acids is 1. The third-order valence-corrected chi connectivity index (χ3v) is 4.64. The van der Waals surface area contributed by atoms with Crippen molar-refractivity contribution in [1.82, 2.24) is 30.0 Å². The molecule has 0 aliphatic heterocycles. The van der Waals surface area contributed by atoms with E-state index in [2.05, 4.69) is 39.3 Å². The van der Waals surface area contributed by atoms with E-state index >= 15 is 0 Å². The third kappa shape index (κ3) is 4.24. The quantitative estimate of drug-likeness (QED) is 0.682. The van der Waals surface area contributed by atoms with Crippen LogP contribution in [0.5, 0.6) is 0 Å². The number of carbonyl (C=O) groups is 1. The Bertz CT molecular complexity index is 979. The molecule has 1 N–H and O–H groups in total. The molecule has 0 radical (unpaired) electrons. The fourth-order valence-electron chi connectivity index (χ4n) is 3.31. The number of amides is 1. The SMILES string of the molecule is CCCn1cnnc1CNC(=O)c1cccc(-c2nc(C)nc(C)c2CC)c1. The summed E-state index contributed by atoms with van der Waals surface area (Å²) < 4.78 is 1.96. The first-order valence-electron chi connectivity index (χ1n) is 9.62. The third-order valence-electron chi connectivity index (χ3n) is 4.64. The summed E-state index contributed by atoms with van der Waals surface area (Å²) in [5.74, 6) is 1.34. The summed E-state index contributed by atoms with van der Waals surface area (Å²) in [6.45, 7) is 9.25. The van der Waals surface area contributed by atoms with E-state index in [9.17, 15) is 4.79 Å². The molecule has 0 saturated heterocycles. The Morgan fingerprint density at radius 3 is 2.75 bits per heavy atom. The highest BCUT2D eigenvalue weighted by Gasteiger charge is 2.14. The first-order chi connectivity index (χ1) is 13.5. The molecule has 0 bridgehead atoms. The summed E-state index contributed by atoms with van der Waals surface area (Å²) in [6, 6.07) is 7.56. The normalized spacial score (nSPS) is 10.9. The van der Waals surface area contributed by atoms with Crippen LogP contribution in [0.15, 0.2) is 30.6 Å². The Labute approximate surface area is 165 Å². The Hall–Kier alpha value is -3.09. The summed E-state index contributed by atoms with van der Waals surface area (Å²) in [5, 5.41) is 11.0. The van der Waals surface area contributed by atoms with Crippen LogP contribution in [0.4, 0.5) is 0 Å². The minimum atomic E-state index is -0.145. The van der Waals surface area contributed by atoms with Crippen LogP contribution in [0.25, 0.3) is 11.3 Å². The zero-order valence-electron chi connectivity index (χ0n) is 16.9. The van der Waals surface area contributed by atoms with Gasteiger partial charge in [0.25, 0.3) is 5.91 Å². The van der Waals surface area contributed by atoms with Crippen molar-refractivity contribution in [2.24, 2.45) is 0 Å². The van der Waals surface area contributed by atoms with Crippen molar-refractivity contribution in [3.05, 3.63) is 59.1 Å². The van der Waals surface area contributed by atoms with Crippen LogP contribution < -0.4 is 5.32 Å². The van der Waals surface area contributed by atoms with Gasteiger partial charge in [-0.2, -0.15) is 0 Å². The van der Waals surface area contributed by atoms with Crippen molar-refractivity contribution < 1.29 is 4.79 Å². The van der Waals surface area contributed by atoms with Crippen molar-refractivity contribution in [2.45, 2.75) is 53.6 Å². The molecule has 7 heteroatoms. The molecule has 0 atom stereocenters. The van der Waals surface area contributed by atoms with Gasteiger partial charge in [-0.3, -0.25) is 4.79 Å². The smallest absolute Gasteiger partial charge is 0.251 e.